The van der Waals surface area contributed by atoms with Crippen molar-refractivity contribution in [2.24, 2.45) is 0 Å². The van der Waals surface area contributed by atoms with E-state index in [1.54, 1.807) is 0 Å². The fourth-order valence-electron chi connectivity index (χ4n) is 5.99. The van der Waals surface area contributed by atoms with Gasteiger partial charge in [-0.3, -0.25) is 13.8 Å². The van der Waals surface area contributed by atoms with Gasteiger partial charge in [-0.25, -0.2) is 4.57 Å². The molecule has 0 radical (unpaired) electrons. The molecule has 0 aromatic carbocycles. The van der Waals surface area contributed by atoms with Crippen LogP contribution in [0.15, 0.2) is 48.6 Å². The number of aliphatic hydroxyl groups is 2. The lowest BCUT2D eigenvalue weighted by Gasteiger charge is -2.20. The Bertz CT molecular complexity index is 1010. The maximum absolute atomic E-state index is 12.6. The Labute approximate surface area is 343 Å². The molecule has 3 N–H and O–H groups in total. The molecule has 0 rings (SSSR count). The lowest BCUT2D eigenvalue weighted by Crippen LogP contribution is -2.29. The number of unbranched alkanes of at least 4 members (excludes halogenated alkanes) is 21. The second-order valence-electron chi connectivity index (χ2n) is 15.1. The van der Waals surface area contributed by atoms with Gasteiger partial charge in [-0.15, -0.1) is 0 Å². The molecule has 0 spiro atoms. The van der Waals surface area contributed by atoms with Gasteiger partial charge >= 0.3 is 13.8 Å². The number of hydrogen-bond donors (Lipinski definition) is 3. The smallest absolute Gasteiger partial charge is 0.457 e. The molecular weight excluding hydrogens is 727 g/mol. The van der Waals surface area contributed by atoms with E-state index < -0.39 is 39.2 Å². The minimum atomic E-state index is -4.52. The van der Waals surface area contributed by atoms with Crippen LogP contribution >= 0.6 is 7.82 Å². The first kappa shape index (κ1) is 54.4. The molecule has 0 saturated carbocycles. The second kappa shape index (κ2) is 43.0. The van der Waals surface area contributed by atoms with E-state index in [-0.39, 0.29) is 19.6 Å². The highest BCUT2D eigenvalue weighted by molar-refractivity contribution is 7.47. The summed E-state index contributed by atoms with van der Waals surface area (Å²) in [6, 6.07) is 0. The largest absolute Gasteiger partial charge is 0.472 e. The third-order valence-electron chi connectivity index (χ3n) is 9.49. The fourth-order valence-corrected chi connectivity index (χ4v) is 6.78. The molecular formula is C46H85O9P. The number of hydrogen-bond acceptors (Lipinski definition) is 8. The number of ether oxygens (including phenoxy) is 2. The lowest BCUT2D eigenvalue weighted by molar-refractivity contribution is -0.154. The minimum absolute atomic E-state index is 0.0413. The molecule has 10 heteroatoms. The first-order valence-corrected chi connectivity index (χ1v) is 24.1. The number of carbonyl (C=O) groups excluding carboxylic acids is 1. The highest BCUT2D eigenvalue weighted by Crippen LogP contribution is 2.43. The van der Waals surface area contributed by atoms with E-state index in [1.165, 1.54) is 89.9 Å². The normalized spacial score (nSPS) is 14.4. The topological polar surface area (TPSA) is 132 Å². The molecule has 0 aliphatic rings. The Morgan fingerprint density at radius 3 is 1.52 bits per heavy atom. The zero-order chi connectivity index (χ0) is 41.1. The molecule has 0 heterocycles. The second-order valence-corrected chi connectivity index (χ2v) is 16.5. The fraction of sp³-hybridized carbons (Fsp3) is 0.804. The number of esters is 1. The van der Waals surface area contributed by atoms with Gasteiger partial charge in [0.05, 0.1) is 26.4 Å². The molecule has 56 heavy (non-hydrogen) atoms. The van der Waals surface area contributed by atoms with Gasteiger partial charge in [-0.2, -0.15) is 0 Å². The number of rotatable bonds is 43. The summed E-state index contributed by atoms with van der Waals surface area (Å²) in [7, 11) is -4.52. The SMILES string of the molecule is CCCC/C=C\CCCCCCCC(=O)OC(COCCCCCCCCCCC/C=C\C/C=C\C/C=C\CCCCCCC)COP(=O)(O)OCC(O)CO. The molecule has 0 aromatic heterocycles. The van der Waals surface area contributed by atoms with Gasteiger partial charge in [0.25, 0.3) is 0 Å². The van der Waals surface area contributed by atoms with E-state index >= 15 is 0 Å². The summed E-state index contributed by atoms with van der Waals surface area (Å²) < 4.78 is 33.3. The van der Waals surface area contributed by atoms with Crippen molar-refractivity contribution < 1.29 is 43.0 Å². The van der Waals surface area contributed by atoms with E-state index in [4.69, 9.17) is 23.6 Å². The maximum atomic E-state index is 12.6. The summed E-state index contributed by atoms with van der Waals surface area (Å²) in [4.78, 5) is 22.5. The highest BCUT2D eigenvalue weighted by Gasteiger charge is 2.26. The molecule has 0 aromatic rings. The number of carbonyl (C=O) groups is 1. The van der Waals surface area contributed by atoms with Crippen LogP contribution in [0.5, 0.6) is 0 Å². The lowest BCUT2D eigenvalue weighted by atomic mass is 10.1. The van der Waals surface area contributed by atoms with Crippen molar-refractivity contribution in [3.05, 3.63) is 48.6 Å². The van der Waals surface area contributed by atoms with Crippen molar-refractivity contribution in [2.75, 3.05) is 33.0 Å². The third-order valence-corrected chi connectivity index (χ3v) is 10.4. The van der Waals surface area contributed by atoms with Crippen LogP contribution in [0.4, 0.5) is 0 Å². The van der Waals surface area contributed by atoms with Crippen LogP contribution in [0.25, 0.3) is 0 Å². The number of aliphatic hydroxyl groups excluding tert-OH is 2. The van der Waals surface area contributed by atoms with Crippen molar-refractivity contribution in [1.29, 1.82) is 0 Å². The number of phosphoric ester groups is 1. The standard InChI is InChI=1S/C46H85O9P/c1-3-5-7-9-11-13-15-16-17-18-19-20-21-22-23-24-25-26-27-29-31-33-35-37-39-52-42-45(43-54-56(50,51)53-41-44(48)40-47)55-46(49)38-36-34-32-30-28-14-12-10-8-6-4-2/h10,12,15-16,18-19,21-22,44-45,47-48H,3-9,11,13-14,17,20,23-43H2,1-2H3,(H,50,51)/b12-10-,16-15-,19-18-,22-21-. The van der Waals surface area contributed by atoms with Crippen molar-refractivity contribution in [2.45, 2.75) is 206 Å². The highest BCUT2D eigenvalue weighted by atomic mass is 31.2. The van der Waals surface area contributed by atoms with Crippen LogP contribution in [0.1, 0.15) is 194 Å². The molecule has 0 saturated heterocycles. The minimum Gasteiger partial charge on any atom is -0.457 e. The number of allylic oxidation sites excluding steroid dienone is 8. The average Bonchev–Trinajstić information content (AvgIpc) is 3.19. The molecule has 0 fully saturated rings. The summed E-state index contributed by atoms with van der Waals surface area (Å²) in [5, 5.41) is 18.3. The number of phosphoric acid groups is 1. The third kappa shape index (κ3) is 42.0. The summed E-state index contributed by atoms with van der Waals surface area (Å²) in [5.74, 6) is -0.396. The monoisotopic (exact) mass is 813 g/mol. The summed E-state index contributed by atoms with van der Waals surface area (Å²) in [6.45, 7) is 3.44. The Morgan fingerprint density at radius 2 is 0.982 bits per heavy atom. The molecule has 9 nitrogen and oxygen atoms in total. The maximum Gasteiger partial charge on any atom is 0.472 e. The predicted octanol–water partition coefficient (Wildman–Crippen LogP) is 12.6. The zero-order valence-electron chi connectivity index (χ0n) is 35.8. The molecule has 3 unspecified atom stereocenters. The van der Waals surface area contributed by atoms with E-state index in [0.29, 0.717) is 13.0 Å². The summed E-state index contributed by atoms with van der Waals surface area (Å²) in [6.07, 6.45) is 47.9. The quantitative estimate of drug-likeness (QED) is 0.0238. The van der Waals surface area contributed by atoms with Gasteiger partial charge in [0, 0.05) is 13.0 Å². The molecule has 0 aliphatic heterocycles. The van der Waals surface area contributed by atoms with E-state index in [2.05, 4.69) is 62.5 Å². The summed E-state index contributed by atoms with van der Waals surface area (Å²) in [5.41, 5.74) is 0. The van der Waals surface area contributed by atoms with Gasteiger partial charge in [0.2, 0.25) is 0 Å². The van der Waals surface area contributed by atoms with E-state index in [0.717, 1.165) is 77.0 Å². The van der Waals surface area contributed by atoms with E-state index in [1.807, 2.05) is 0 Å². The molecule has 0 aliphatic carbocycles. The van der Waals surface area contributed by atoms with Crippen molar-refractivity contribution in [3.8, 4) is 0 Å². The Balaban J connectivity index is 4.07. The zero-order valence-corrected chi connectivity index (χ0v) is 36.7. The van der Waals surface area contributed by atoms with Crippen LogP contribution in [-0.4, -0.2) is 66.3 Å². The van der Waals surface area contributed by atoms with Gasteiger partial charge in [0.1, 0.15) is 12.2 Å². The Kier molecular flexibility index (Phi) is 41.8. The van der Waals surface area contributed by atoms with Gasteiger partial charge in [-0.05, 0) is 70.6 Å². The van der Waals surface area contributed by atoms with Gasteiger partial charge < -0.3 is 24.6 Å². The average molecular weight is 813 g/mol. The van der Waals surface area contributed by atoms with E-state index in [9.17, 15) is 19.4 Å². The van der Waals surface area contributed by atoms with Crippen LogP contribution in [-0.2, 0) is 27.9 Å². The van der Waals surface area contributed by atoms with Gasteiger partial charge in [-0.1, -0.05) is 165 Å². The molecule has 3 atom stereocenters. The molecule has 0 amide bonds. The van der Waals surface area contributed by atoms with Crippen LogP contribution in [0.2, 0.25) is 0 Å². The van der Waals surface area contributed by atoms with Crippen LogP contribution in [0.3, 0.4) is 0 Å². The van der Waals surface area contributed by atoms with Crippen LogP contribution < -0.4 is 0 Å². The Hall–Kier alpha value is -1.58. The first-order valence-electron chi connectivity index (χ1n) is 22.6. The van der Waals surface area contributed by atoms with Crippen molar-refractivity contribution in [1.82, 2.24) is 0 Å². The molecule has 328 valence electrons. The molecule has 0 bridgehead atoms. The van der Waals surface area contributed by atoms with Crippen molar-refractivity contribution >= 4 is 13.8 Å². The van der Waals surface area contributed by atoms with Crippen molar-refractivity contribution in [3.63, 3.8) is 0 Å². The van der Waals surface area contributed by atoms with Gasteiger partial charge in [0.15, 0.2) is 0 Å². The Morgan fingerprint density at radius 1 is 0.554 bits per heavy atom. The first-order chi connectivity index (χ1) is 27.3. The van der Waals surface area contributed by atoms with Crippen LogP contribution in [0, 0.1) is 0 Å². The predicted molar refractivity (Wildman–Crippen MR) is 233 cm³/mol. The summed E-state index contributed by atoms with van der Waals surface area (Å²) >= 11 is 0.